The van der Waals surface area contributed by atoms with Crippen LogP contribution in [0.5, 0.6) is 0 Å². The maximum Gasteiger partial charge on any atom is 0.218 e. The number of hydrogen-bond donors (Lipinski definition) is 2. The van der Waals surface area contributed by atoms with Crippen molar-refractivity contribution in [2.75, 3.05) is 20.2 Å². The van der Waals surface area contributed by atoms with Crippen molar-refractivity contribution < 1.29 is 9.53 Å². The molecule has 0 aliphatic heterocycles. The van der Waals surface area contributed by atoms with E-state index < -0.39 is 0 Å². The van der Waals surface area contributed by atoms with E-state index in [0.717, 1.165) is 19.4 Å². The fourth-order valence-electron chi connectivity index (χ4n) is 1.55. The van der Waals surface area contributed by atoms with E-state index in [1.165, 1.54) is 6.42 Å². The molecule has 4 nitrogen and oxygen atoms in total. The second-order valence-corrected chi connectivity index (χ2v) is 3.63. The minimum atomic E-state index is -0.257. The highest BCUT2D eigenvalue weighted by Crippen LogP contribution is 2.34. The van der Waals surface area contributed by atoms with Crippen molar-refractivity contribution >= 4 is 5.91 Å². The Morgan fingerprint density at radius 1 is 1.62 bits per heavy atom. The Bertz CT molecular complexity index is 173. The fourth-order valence-corrected chi connectivity index (χ4v) is 1.55. The molecule has 1 aliphatic carbocycles. The van der Waals surface area contributed by atoms with Crippen LogP contribution in [-0.2, 0) is 9.53 Å². The third-order valence-corrected chi connectivity index (χ3v) is 2.69. The standard InChI is InChI=1S/C9H18N2O2/c1-13-9(4-2-5-9)7-11-6-3-8(10)12/h11H,2-7H2,1H3,(H2,10,12). The molecule has 0 bridgehead atoms. The van der Waals surface area contributed by atoms with Crippen LogP contribution < -0.4 is 11.1 Å². The summed E-state index contributed by atoms with van der Waals surface area (Å²) in [5, 5.41) is 3.18. The van der Waals surface area contributed by atoms with Crippen LogP contribution in [0.4, 0.5) is 0 Å². The second-order valence-electron chi connectivity index (χ2n) is 3.63. The summed E-state index contributed by atoms with van der Waals surface area (Å²) in [5.74, 6) is -0.257. The van der Waals surface area contributed by atoms with Crippen molar-refractivity contribution in [1.29, 1.82) is 0 Å². The minimum absolute atomic E-state index is 0.0393. The van der Waals surface area contributed by atoms with E-state index in [9.17, 15) is 4.79 Å². The van der Waals surface area contributed by atoms with Gasteiger partial charge in [-0.15, -0.1) is 0 Å². The van der Waals surface area contributed by atoms with Gasteiger partial charge in [0.2, 0.25) is 5.91 Å². The molecule has 0 heterocycles. The van der Waals surface area contributed by atoms with Crippen molar-refractivity contribution in [1.82, 2.24) is 5.32 Å². The first-order valence-electron chi connectivity index (χ1n) is 4.73. The first-order chi connectivity index (χ1) is 6.18. The van der Waals surface area contributed by atoms with Crippen molar-refractivity contribution in [2.24, 2.45) is 5.73 Å². The smallest absolute Gasteiger partial charge is 0.218 e. The lowest BCUT2D eigenvalue weighted by Gasteiger charge is -2.40. The van der Waals surface area contributed by atoms with Gasteiger partial charge < -0.3 is 15.8 Å². The number of amides is 1. The molecule has 13 heavy (non-hydrogen) atoms. The monoisotopic (exact) mass is 186 g/mol. The molecule has 1 amide bonds. The number of nitrogens with one attached hydrogen (secondary N) is 1. The maximum absolute atomic E-state index is 10.4. The molecule has 76 valence electrons. The molecule has 1 rings (SSSR count). The van der Waals surface area contributed by atoms with E-state index in [1.807, 2.05) is 0 Å². The lowest BCUT2D eigenvalue weighted by atomic mass is 9.80. The van der Waals surface area contributed by atoms with Crippen LogP contribution in [0, 0.1) is 0 Å². The maximum atomic E-state index is 10.4. The first kappa shape index (κ1) is 10.5. The highest BCUT2D eigenvalue weighted by atomic mass is 16.5. The average Bonchev–Trinajstić information content (AvgIpc) is 2.01. The molecule has 0 saturated heterocycles. The number of ether oxygens (including phenoxy) is 1. The summed E-state index contributed by atoms with van der Waals surface area (Å²) >= 11 is 0. The molecule has 0 unspecified atom stereocenters. The Hall–Kier alpha value is -0.610. The summed E-state index contributed by atoms with van der Waals surface area (Å²) in [5.41, 5.74) is 5.05. The predicted octanol–water partition coefficient (Wildman–Crippen LogP) is 0.0205. The van der Waals surface area contributed by atoms with Gasteiger partial charge in [-0.25, -0.2) is 0 Å². The normalized spacial score (nSPS) is 19.5. The van der Waals surface area contributed by atoms with E-state index >= 15 is 0 Å². The van der Waals surface area contributed by atoms with Crippen LogP contribution in [0.15, 0.2) is 0 Å². The second kappa shape index (κ2) is 4.58. The predicted molar refractivity (Wildman–Crippen MR) is 50.3 cm³/mol. The summed E-state index contributed by atoms with van der Waals surface area (Å²) < 4.78 is 5.40. The van der Waals surface area contributed by atoms with Crippen LogP contribution >= 0.6 is 0 Å². The molecule has 1 saturated carbocycles. The molecule has 0 aromatic heterocycles. The Balaban J connectivity index is 2.07. The largest absolute Gasteiger partial charge is 0.377 e. The van der Waals surface area contributed by atoms with Gasteiger partial charge in [-0.05, 0) is 19.3 Å². The number of carbonyl (C=O) groups excluding carboxylic acids is 1. The highest BCUT2D eigenvalue weighted by Gasteiger charge is 2.36. The zero-order valence-corrected chi connectivity index (χ0v) is 8.14. The van der Waals surface area contributed by atoms with Gasteiger partial charge in [0, 0.05) is 26.6 Å². The summed E-state index contributed by atoms with van der Waals surface area (Å²) in [6.07, 6.45) is 3.88. The summed E-state index contributed by atoms with van der Waals surface area (Å²) in [6, 6.07) is 0. The topological polar surface area (TPSA) is 64.3 Å². The van der Waals surface area contributed by atoms with Crippen molar-refractivity contribution in [3.05, 3.63) is 0 Å². The Kier molecular flexibility index (Phi) is 3.69. The summed E-state index contributed by atoms with van der Waals surface area (Å²) in [7, 11) is 1.74. The molecule has 3 N–H and O–H groups in total. The van der Waals surface area contributed by atoms with Crippen molar-refractivity contribution in [3.8, 4) is 0 Å². The molecule has 0 aromatic rings. The van der Waals surface area contributed by atoms with E-state index in [2.05, 4.69) is 5.32 Å². The molecule has 1 fully saturated rings. The minimum Gasteiger partial charge on any atom is -0.377 e. The van der Waals surface area contributed by atoms with E-state index in [1.54, 1.807) is 7.11 Å². The lowest BCUT2D eigenvalue weighted by molar-refractivity contribution is -0.118. The molecule has 0 radical (unpaired) electrons. The van der Waals surface area contributed by atoms with Crippen LogP contribution in [0.1, 0.15) is 25.7 Å². The number of hydrogen-bond acceptors (Lipinski definition) is 3. The lowest BCUT2D eigenvalue weighted by Crippen LogP contribution is -2.48. The van der Waals surface area contributed by atoms with Gasteiger partial charge in [-0.1, -0.05) is 0 Å². The molecular formula is C9H18N2O2. The van der Waals surface area contributed by atoms with Gasteiger partial charge in [0.1, 0.15) is 0 Å². The van der Waals surface area contributed by atoms with E-state index in [4.69, 9.17) is 10.5 Å². The molecular weight excluding hydrogens is 168 g/mol. The average molecular weight is 186 g/mol. The van der Waals surface area contributed by atoms with Gasteiger partial charge in [0.25, 0.3) is 0 Å². The quantitative estimate of drug-likeness (QED) is 0.575. The highest BCUT2D eigenvalue weighted by molar-refractivity contribution is 5.73. The summed E-state index contributed by atoms with van der Waals surface area (Å²) in [4.78, 5) is 10.4. The van der Waals surface area contributed by atoms with Gasteiger partial charge in [0.15, 0.2) is 0 Å². The van der Waals surface area contributed by atoms with Crippen LogP contribution in [0.25, 0.3) is 0 Å². The van der Waals surface area contributed by atoms with Gasteiger partial charge in [-0.3, -0.25) is 4.79 Å². The third kappa shape index (κ3) is 2.97. The Morgan fingerprint density at radius 3 is 2.69 bits per heavy atom. The van der Waals surface area contributed by atoms with Gasteiger partial charge in [-0.2, -0.15) is 0 Å². The third-order valence-electron chi connectivity index (χ3n) is 2.69. The number of nitrogens with two attached hydrogens (primary N) is 1. The molecule has 0 aromatic carbocycles. The van der Waals surface area contributed by atoms with Crippen LogP contribution in [-0.4, -0.2) is 31.7 Å². The zero-order valence-electron chi connectivity index (χ0n) is 8.14. The number of carbonyl (C=O) groups is 1. The van der Waals surface area contributed by atoms with Crippen LogP contribution in [0.3, 0.4) is 0 Å². The molecule has 0 spiro atoms. The van der Waals surface area contributed by atoms with Crippen molar-refractivity contribution in [3.63, 3.8) is 0 Å². The number of rotatable bonds is 6. The Labute approximate surface area is 78.8 Å². The molecule has 1 aliphatic rings. The fraction of sp³-hybridized carbons (Fsp3) is 0.889. The van der Waals surface area contributed by atoms with Gasteiger partial charge in [0.05, 0.1) is 5.60 Å². The Morgan fingerprint density at radius 2 is 2.31 bits per heavy atom. The van der Waals surface area contributed by atoms with E-state index in [0.29, 0.717) is 13.0 Å². The SMILES string of the molecule is COC1(CNCCC(N)=O)CCC1. The van der Waals surface area contributed by atoms with E-state index in [-0.39, 0.29) is 11.5 Å². The van der Waals surface area contributed by atoms with Crippen LogP contribution in [0.2, 0.25) is 0 Å². The molecule has 4 heteroatoms. The first-order valence-corrected chi connectivity index (χ1v) is 4.73. The number of primary amides is 1. The van der Waals surface area contributed by atoms with Crippen molar-refractivity contribution in [2.45, 2.75) is 31.3 Å². The van der Waals surface area contributed by atoms with Gasteiger partial charge >= 0.3 is 0 Å². The zero-order chi connectivity index (χ0) is 9.73. The molecule has 0 atom stereocenters. The number of methoxy groups -OCH3 is 1. The summed E-state index contributed by atoms with van der Waals surface area (Å²) in [6.45, 7) is 1.48.